The summed E-state index contributed by atoms with van der Waals surface area (Å²) in [4.78, 5) is 23.8. The van der Waals surface area contributed by atoms with Gasteiger partial charge in [-0.25, -0.2) is 0 Å². The zero-order valence-corrected chi connectivity index (χ0v) is 11.0. The first kappa shape index (κ1) is 14.7. The molecule has 0 saturated heterocycles. The van der Waals surface area contributed by atoms with E-state index in [1.807, 2.05) is 17.5 Å². The van der Waals surface area contributed by atoms with Gasteiger partial charge in [0, 0.05) is 18.0 Å². The summed E-state index contributed by atoms with van der Waals surface area (Å²) in [5, 5.41) is 15.6. The predicted molar refractivity (Wildman–Crippen MR) is 70.1 cm³/mol. The third kappa shape index (κ3) is 5.79. The Kier molecular flexibility index (Phi) is 7.05. The van der Waals surface area contributed by atoms with Gasteiger partial charge in [-0.05, 0) is 30.7 Å². The topological polar surface area (TPSA) is 78.4 Å². The van der Waals surface area contributed by atoms with Crippen LogP contribution in [0.15, 0.2) is 17.5 Å². The van der Waals surface area contributed by atoms with E-state index in [0.717, 1.165) is 24.1 Å². The molecule has 1 heterocycles. The third-order valence-electron chi connectivity index (χ3n) is 2.33. The van der Waals surface area contributed by atoms with Crippen LogP contribution in [-0.4, -0.2) is 30.1 Å². The summed E-state index contributed by atoms with van der Waals surface area (Å²) in [6, 6.07) is 3.80. The van der Waals surface area contributed by atoms with Gasteiger partial charge in [0.05, 0.1) is 6.54 Å². The minimum atomic E-state index is -0.606. The van der Waals surface area contributed by atoms with Crippen molar-refractivity contribution in [2.75, 3.05) is 13.2 Å². The van der Waals surface area contributed by atoms with E-state index in [9.17, 15) is 9.59 Å². The van der Waals surface area contributed by atoms with Gasteiger partial charge in [0.15, 0.2) is 0 Å². The lowest BCUT2D eigenvalue weighted by Gasteiger charge is -2.05. The molecule has 0 radical (unpaired) electrons. The van der Waals surface area contributed by atoms with Gasteiger partial charge in [0.1, 0.15) is 0 Å². The lowest BCUT2D eigenvalue weighted by Crippen LogP contribution is -2.39. The summed E-state index contributed by atoms with van der Waals surface area (Å²) < 4.78 is 0. The number of unbranched alkanes of at least 4 members (excludes halogenated alkanes) is 2. The molecule has 1 rings (SSSR count). The number of rotatable bonds is 7. The summed E-state index contributed by atoms with van der Waals surface area (Å²) in [5.74, 6) is -1.21. The Balaban J connectivity index is 2.11. The molecule has 0 aliphatic rings. The molecule has 100 valence electrons. The van der Waals surface area contributed by atoms with Crippen molar-refractivity contribution in [1.29, 1.82) is 0 Å². The molecule has 18 heavy (non-hydrogen) atoms. The second kappa shape index (κ2) is 8.66. The maximum absolute atomic E-state index is 11.4. The van der Waals surface area contributed by atoms with Crippen molar-refractivity contribution in [1.82, 2.24) is 10.6 Å². The van der Waals surface area contributed by atoms with Gasteiger partial charge in [0.2, 0.25) is 0 Å². The maximum Gasteiger partial charge on any atom is 0.309 e. The van der Waals surface area contributed by atoms with Crippen molar-refractivity contribution >= 4 is 23.2 Å². The highest BCUT2D eigenvalue weighted by Gasteiger charge is 2.11. The van der Waals surface area contributed by atoms with Crippen LogP contribution < -0.4 is 10.6 Å². The number of hydrogen-bond donors (Lipinski definition) is 3. The Morgan fingerprint density at radius 2 is 1.94 bits per heavy atom. The van der Waals surface area contributed by atoms with Crippen LogP contribution in [0, 0.1) is 0 Å². The van der Waals surface area contributed by atoms with E-state index in [4.69, 9.17) is 5.11 Å². The van der Waals surface area contributed by atoms with Crippen molar-refractivity contribution in [2.45, 2.75) is 25.8 Å². The molecule has 0 aliphatic heterocycles. The molecule has 1 aromatic heterocycles. The summed E-state index contributed by atoms with van der Waals surface area (Å²) in [6.45, 7) is 1.01. The van der Waals surface area contributed by atoms with E-state index in [0.29, 0.717) is 13.1 Å². The molecule has 0 aliphatic carbocycles. The molecule has 0 aromatic carbocycles. The van der Waals surface area contributed by atoms with Crippen LogP contribution in [0.2, 0.25) is 0 Å². The molecule has 0 unspecified atom stereocenters. The van der Waals surface area contributed by atoms with Crippen LogP contribution in [-0.2, 0) is 16.1 Å². The van der Waals surface area contributed by atoms with E-state index < -0.39 is 11.8 Å². The fourth-order valence-electron chi connectivity index (χ4n) is 1.36. The van der Waals surface area contributed by atoms with Crippen LogP contribution in [0.3, 0.4) is 0 Å². The number of amides is 2. The standard InChI is InChI=1S/C12H18N2O3S/c15-7-3-1-2-6-13-11(16)12(17)14-9-10-5-4-8-18-10/h4-5,8,15H,1-3,6-7,9H2,(H,13,16)(H,14,17). The molecule has 0 bridgehead atoms. The minimum absolute atomic E-state index is 0.162. The molecule has 2 amide bonds. The van der Waals surface area contributed by atoms with Crippen molar-refractivity contribution in [3.8, 4) is 0 Å². The molecule has 5 nitrogen and oxygen atoms in total. The zero-order valence-electron chi connectivity index (χ0n) is 10.1. The first-order chi connectivity index (χ1) is 8.74. The first-order valence-electron chi connectivity index (χ1n) is 5.93. The van der Waals surface area contributed by atoms with E-state index in [2.05, 4.69) is 10.6 Å². The fraction of sp³-hybridized carbons (Fsp3) is 0.500. The summed E-state index contributed by atoms with van der Waals surface area (Å²) in [7, 11) is 0. The molecular formula is C12H18N2O3S. The highest BCUT2D eigenvalue weighted by molar-refractivity contribution is 7.09. The van der Waals surface area contributed by atoms with Crippen molar-refractivity contribution in [3.63, 3.8) is 0 Å². The van der Waals surface area contributed by atoms with Crippen LogP contribution in [0.1, 0.15) is 24.1 Å². The Labute approximate surface area is 110 Å². The summed E-state index contributed by atoms with van der Waals surface area (Å²) in [6.07, 6.45) is 2.33. The maximum atomic E-state index is 11.4. The molecular weight excluding hydrogens is 252 g/mol. The van der Waals surface area contributed by atoms with Crippen LogP contribution >= 0.6 is 11.3 Å². The van der Waals surface area contributed by atoms with Gasteiger partial charge in [-0.2, -0.15) is 0 Å². The van der Waals surface area contributed by atoms with Gasteiger partial charge in [0.25, 0.3) is 0 Å². The number of nitrogens with one attached hydrogen (secondary N) is 2. The van der Waals surface area contributed by atoms with Gasteiger partial charge in [-0.1, -0.05) is 6.07 Å². The normalized spacial score (nSPS) is 10.1. The first-order valence-corrected chi connectivity index (χ1v) is 6.81. The van der Waals surface area contributed by atoms with E-state index in [-0.39, 0.29) is 6.61 Å². The molecule has 0 spiro atoms. The predicted octanol–water partition coefficient (Wildman–Crippen LogP) is 0.643. The lowest BCUT2D eigenvalue weighted by atomic mass is 10.2. The Morgan fingerprint density at radius 1 is 1.17 bits per heavy atom. The molecule has 0 atom stereocenters. The minimum Gasteiger partial charge on any atom is -0.396 e. The van der Waals surface area contributed by atoms with Gasteiger partial charge >= 0.3 is 11.8 Å². The molecule has 1 aromatic rings. The zero-order chi connectivity index (χ0) is 13.2. The summed E-state index contributed by atoms with van der Waals surface area (Å²) in [5.41, 5.74) is 0. The van der Waals surface area contributed by atoms with Crippen molar-refractivity contribution in [2.24, 2.45) is 0 Å². The van der Waals surface area contributed by atoms with E-state index in [1.54, 1.807) is 0 Å². The monoisotopic (exact) mass is 270 g/mol. The number of carbonyl (C=O) groups excluding carboxylic acids is 2. The van der Waals surface area contributed by atoms with Gasteiger partial charge in [-0.3, -0.25) is 9.59 Å². The van der Waals surface area contributed by atoms with E-state index >= 15 is 0 Å². The number of hydrogen-bond acceptors (Lipinski definition) is 4. The van der Waals surface area contributed by atoms with Crippen LogP contribution in [0.5, 0.6) is 0 Å². The van der Waals surface area contributed by atoms with Crippen molar-refractivity contribution in [3.05, 3.63) is 22.4 Å². The number of carbonyl (C=O) groups is 2. The molecule has 0 fully saturated rings. The third-order valence-corrected chi connectivity index (χ3v) is 3.21. The average molecular weight is 270 g/mol. The average Bonchev–Trinajstić information content (AvgIpc) is 2.88. The largest absolute Gasteiger partial charge is 0.396 e. The second-order valence-electron chi connectivity index (χ2n) is 3.80. The van der Waals surface area contributed by atoms with Crippen molar-refractivity contribution < 1.29 is 14.7 Å². The van der Waals surface area contributed by atoms with Gasteiger partial charge < -0.3 is 15.7 Å². The fourth-order valence-corrected chi connectivity index (χ4v) is 2.00. The Bertz CT molecular complexity index is 365. The molecule has 6 heteroatoms. The number of aliphatic hydroxyl groups excluding tert-OH is 1. The highest BCUT2D eigenvalue weighted by Crippen LogP contribution is 2.06. The smallest absolute Gasteiger partial charge is 0.309 e. The molecule has 0 saturated carbocycles. The van der Waals surface area contributed by atoms with Crippen LogP contribution in [0.25, 0.3) is 0 Å². The van der Waals surface area contributed by atoms with Gasteiger partial charge in [-0.15, -0.1) is 11.3 Å². The Morgan fingerprint density at radius 3 is 2.61 bits per heavy atom. The summed E-state index contributed by atoms with van der Waals surface area (Å²) >= 11 is 1.53. The Hall–Kier alpha value is -1.40. The van der Waals surface area contributed by atoms with E-state index in [1.165, 1.54) is 11.3 Å². The SMILES string of the molecule is O=C(NCCCCCO)C(=O)NCc1cccs1. The lowest BCUT2D eigenvalue weighted by molar-refractivity contribution is -0.139. The highest BCUT2D eigenvalue weighted by atomic mass is 32.1. The second-order valence-corrected chi connectivity index (χ2v) is 4.83. The molecule has 3 N–H and O–H groups in total. The number of aliphatic hydroxyl groups is 1. The quantitative estimate of drug-likeness (QED) is 0.502. The van der Waals surface area contributed by atoms with Crippen LogP contribution in [0.4, 0.5) is 0 Å². The number of thiophene rings is 1.